The third kappa shape index (κ3) is 4.45. The number of nitrogens with zero attached hydrogens (tertiary/aromatic N) is 4. The van der Waals surface area contributed by atoms with Gasteiger partial charge in [-0.05, 0) is 19.9 Å². The fourth-order valence-electron chi connectivity index (χ4n) is 2.56. The number of hydrogen-bond acceptors (Lipinski definition) is 7. The first kappa shape index (κ1) is 22.5. The Morgan fingerprint density at radius 3 is 2.52 bits per heavy atom. The third-order valence-corrected chi connectivity index (χ3v) is 6.11. The topological polar surface area (TPSA) is 130 Å². The largest absolute Gasteiger partial charge is 0.476 e. The Morgan fingerprint density at radius 2 is 1.94 bits per heavy atom. The van der Waals surface area contributed by atoms with Crippen LogP contribution >= 0.6 is 0 Å². The zero-order valence-electron chi connectivity index (χ0n) is 16.6. The summed E-state index contributed by atoms with van der Waals surface area (Å²) >= 11 is 0. The monoisotopic (exact) mass is 457 g/mol. The molecule has 0 spiro atoms. The van der Waals surface area contributed by atoms with Gasteiger partial charge in [0, 0.05) is 18.3 Å². The first-order chi connectivity index (χ1) is 14.2. The summed E-state index contributed by atoms with van der Waals surface area (Å²) in [6.45, 7) is 4.23. The summed E-state index contributed by atoms with van der Waals surface area (Å²) in [7, 11) is -3.85. The van der Waals surface area contributed by atoms with Crippen molar-refractivity contribution in [2.45, 2.75) is 37.4 Å². The van der Waals surface area contributed by atoms with Crippen molar-refractivity contribution in [3.8, 4) is 17.1 Å². The van der Waals surface area contributed by atoms with Crippen LogP contribution in [0.2, 0.25) is 0 Å². The van der Waals surface area contributed by atoms with E-state index in [1.807, 2.05) is 0 Å². The van der Waals surface area contributed by atoms with Crippen molar-refractivity contribution in [1.82, 2.24) is 19.6 Å². The molecule has 0 saturated carbocycles. The number of primary amides is 1. The summed E-state index contributed by atoms with van der Waals surface area (Å²) in [6.07, 6.45) is -2.26. The minimum Gasteiger partial charge on any atom is -0.476 e. The van der Waals surface area contributed by atoms with Gasteiger partial charge in [0.2, 0.25) is 0 Å². The lowest BCUT2D eigenvalue weighted by Gasteiger charge is -2.23. The molecular weight excluding hydrogens is 439 g/mol. The van der Waals surface area contributed by atoms with Crippen molar-refractivity contribution in [1.29, 1.82) is 0 Å². The van der Waals surface area contributed by atoms with Crippen LogP contribution < -0.4 is 10.5 Å². The molecule has 0 atom stereocenters. The van der Waals surface area contributed by atoms with Gasteiger partial charge in [0.15, 0.2) is 26.8 Å². The summed E-state index contributed by atoms with van der Waals surface area (Å²) in [5, 5.41) is 3.40. The molecule has 3 aromatic heterocycles. The van der Waals surface area contributed by atoms with E-state index in [1.165, 1.54) is 45.3 Å². The van der Waals surface area contributed by atoms with Crippen molar-refractivity contribution in [3.63, 3.8) is 0 Å². The van der Waals surface area contributed by atoms with E-state index in [0.717, 1.165) is 10.6 Å². The lowest BCUT2D eigenvalue weighted by Crippen LogP contribution is -2.43. The maximum Gasteiger partial charge on any atom is 0.435 e. The quantitative estimate of drug-likeness (QED) is 0.601. The average molecular weight is 457 g/mol. The van der Waals surface area contributed by atoms with E-state index in [2.05, 4.69) is 15.1 Å². The number of carbonyl (C=O) groups is 1. The number of fused-ring (bicyclic) bond motifs is 1. The molecule has 0 bridgehead atoms. The second-order valence-electron chi connectivity index (χ2n) is 7.04. The van der Waals surface area contributed by atoms with Gasteiger partial charge in [0.25, 0.3) is 5.91 Å². The Balaban J connectivity index is 2.15. The van der Waals surface area contributed by atoms with E-state index in [-0.39, 0.29) is 33.4 Å². The van der Waals surface area contributed by atoms with E-state index in [4.69, 9.17) is 10.5 Å². The summed E-state index contributed by atoms with van der Waals surface area (Å²) in [4.78, 5) is 19.4. The van der Waals surface area contributed by atoms with E-state index in [1.54, 1.807) is 0 Å². The fraction of sp³-hybridized carbons (Fsp3) is 0.333. The van der Waals surface area contributed by atoms with Crippen molar-refractivity contribution in [2.24, 2.45) is 5.73 Å². The maximum atomic E-state index is 12.9. The number of alkyl halides is 3. The lowest BCUT2D eigenvalue weighted by molar-refractivity contribution is -0.141. The number of aromatic nitrogens is 4. The second kappa shape index (κ2) is 7.48. The molecule has 0 aliphatic carbocycles. The third-order valence-electron chi connectivity index (χ3n) is 4.37. The van der Waals surface area contributed by atoms with Crippen LogP contribution in [0.5, 0.6) is 5.75 Å². The van der Waals surface area contributed by atoms with Crippen LogP contribution in [-0.2, 0) is 20.8 Å². The first-order valence-electron chi connectivity index (χ1n) is 8.90. The number of pyridine rings is 1. The number of ether oxygens (including phenoxy) is 1. The normalized spacial score (nSPS) is 12.8. The number of halogens is 3. The van der Waals surface area contributed by atoms with Gasteiger partial charge in [-0.3, -0.25) is 4.79 Å². The minimum absolute atomic E-state index is 0.0221. The summed E-state index contributed by atoms with van der Waals surface area (Å²) in [5.41, 5.74) is 2.51. The number of amides is 1. The highest BCUT2D eigenvalue weighted by molar-refractivity contribution is 7.91. The van der Waals surface area contributed by atoms with E-state index in [0.29, 0.717) is 0 Å². The van der Waals surface area contributed by atoms with Gasteiger partial charge in [-0.15, -0.1) is 0 Å². The van der Waals surface area contributed by atoms with Gasteiger partial charge >= 0.3 is 6.18 Å². The van der Waals surface area contributed by atoms with Crippen LogP contribution in [0.25, 0.3) is 17.0 Å². The van der Waals surface area contributed by atoms with Crippen LogP contribution in [-0.4, -0.2) is 45.3 Å². The second-order valence-corrected chi connectivity index (χ2v) is 9.29. The van der Waals surface area contributed by atoms with Crippen molar-refractivity contribution in [2.75, 3.05) is 5.75 Å². The van der Waals surface area contributed by atoms with Gasteiger partial charge in [-0.1, -0.05) is 6.92 Å². The molecule has 31 heavy (non-hydrogen) atoms. The Morgan fingerprint density at radius 1 is 1.26 bits per heavy atom. The molecule has 0 aromatic carbocycles. The Kier molecular flexibility index (Phi) is 5.42. The minimum atomic E-state index is -4.66. The van der Waals surface area contributed by atoms with Gasteiger partial charge in [-0.2, -0.15) is 18.3 Å². The molecule has 0 saturated heterocycles. The summed E-state index contributed by atoms with van der Waals surface area (Å²) in [6, 6.07) is 3.21. The fourth-order valence-corrected chi connectivity index (χ4v) is 3.62. The average Bonchev–Trinajstić information content (AvgIpc) is 3.11. The van der Waals surface area contributed by atoms with Gasteiger partial charge in [-0.25, -0.2) is 22.9 Å². The van der Waals surface area contributed by atoms with Crippen LogP contribution in [0, 0.1) is 0 Å². The molecule has 2 N–H and O–H groups in total. The predicted octanol–water partition coefficient (Wildman–Crippen LogP) is 2.25. The van der Waals surface area contributed by atoms with Gasteiger partial charge in [0.1, 0.15) is 11.4 Å². The van der Waals surface area contributed by atoms with Crippen LogP contribution in [0.1, 0.15) is 26.5 Å². The maximum absolute atomic E-state index is 12.9. The molecule has 3 rings (SSSR count). The molecule has 0 fully saturated rings. The van der Waals surface area contributed by atoms with E-state index < -0.39 is 33.2 Å². The SMILES string of the molecule is CCS(=O)(=O)c1cc(OC(C)(C)C(N)=O)cnc1-c1ccn2nc(C(F)(F)F)cc2n1. The Labute approximate surface area is 175 Å². The lowest BCUT2D eigenvalue weighted by atomic mass is 10.1. The van der Waals surface area contributed by atoms with Gasteiger partial charge in [0.05, 0.1) is 22.5 Å². The highest BCUT2D eigenvalue weighted by Gasteiger charge is 2.34. The zero-order valence-corrected chi connectivity index (χ0v) is 17.5. The van der Waals surface area contributed by atoms with Crippen molar-refractivity contribution in [3.05, 3.63) is 36.3 Å². The van der Waals surface area contributed by atoms with E-state index in [9.17, 15) is 26.4 Å². The molecule has 0 aliphatic rings. The number of sulfone groups is 1. The summed E-state index contributed by atoms with van der Waals surface area (Å²) < 4.78 is 70.5. The number of carbonyl (C=O) groups excluding carboxylic acids is 1. The first-order valence-corrected chi connectivity index (χ1v) is 10.6. The number of rotatable bonds is 6. The summed E-state index contributed by atoms with van der Waals surface area (Å²) in [5.74, 6) is -1.08. The molecule has 0 radical (unpaired) electrons. The predicted molar refractivity (Wildman–Crippen MR) is 103 cm³/mol. The van der Waals surface area contributed by atoms with Crippen LogP contribution in [0.4, 0.5) is 13.2 Å². The van der Waals surface area contributed by atoms with Crippen molar-refractivity contribution >= 4 is 21.4 Å². The molecule has 166 valence electrons. The molecular formula is C18H18F3N5O4S. The smallest absolute Gasteiger partial charge is 0.435 e. The molecule has 9 nitrogen and oxygen atoms in total. The number of hydrogen-bond donors (Lipinski definition) is 1. The van der Waals surface area contributed by atoms with Crippen LogP contribution in [0.3, 0.4) is 0 Å². The standard InChI is InChI=1S/C18H18F3N5O4S/c1-4-31(28,29)12-7-10(30-17(2,3)16(22)27)9-23-15(12)11-5-6-26-14(24-11)8-13(25-26)18(19,20)21/h5-9H,4H2,1-3H3,(H2,22,27). The molecule has 13 heteroatoms. The van der Waals surface area contributed by atoms with Crippen LogP contribution in [0.15, 0.2) is 35.5 Å². The highest BCUT2D eigenvalue weighted by atomic mass is 32.2. The Hall–Kier alpha value is -3.22. The molecule has 1 amide bonds. The Bertz CT molecular complexity index is 1270. The molecule has 0 unspecified atom stereocenters. The molecule has 3 heterocycles. The zero-order chi connectivity index (χ0) is 23.2. The van der Waals surface area contributed by atoms with Gasteiger partial charge < -0.3 is 10.5 Å². The van der Waals surface area contributed by atoms with Crippen molar-refractivity contribution < 1.29 is 31.1 Å². The van der Waals surface area contributed by atoms with E-state index >= 15 is 0 Å². The highest BCUT2D eigenvalue weighted by Crippen LogP contribution is 2.32. The number of nitrogens with two attached hydrogens (primary N) is 1. The molecule has 0 aliphatic heterocycles. The molecule has 3 aromatic rings.